The fourth-order valence-electron chi connectivity index (χ4n) is 2.43. The molecule has 0 radical (unpaired) electrons. The molecule has 2 aromatic rings. The number of hydrogen-bond acceptors (Lipinski definition) is 5. The maximum Gasteiger partial charge on any atom is 0.201 e. The highest BCUT2D eigenvalue weighted by Gasteiger charge is 2.16. The zero-order valence-electron chi connectivity index (χ0n) is 11.4. The molecule has 1 aromatic heterocycles. The molecule has 20 heavy (non-hydrogen) atoms. The van der Waals surface area contributed by atoms with E-state index in [2.05, 4.69) is 43.7 Å². The monoisotopic (exact) mass is 271 g/mol. The summed E-state index contributed by atoms with van der Waals surface area (Å²) in [5.41, 5.74) is 2.38. The molecule has 0 amide bonds. The summed E-state index contributed by atoms with van der Waals surface area (Å²) in [6.07, 6.45) is 3.20. The van der Waals surface area contributed by atoms with Crippen molar-refractivity contribution in [2.75, 3.05) is 20.2 Å². The molecular formula is C14H17N5O. The van der Waals surface area contributed by atoms with Gasteiger partial charge in [0.1, 0.15) is 5.75 Å². The van der Waals surface area contributed by atoms with E-state index in [0.717, 1.165) is 37.4 Å². The van der Waals surface area contributed by atoms with Crippen LogP contribution in [0.15, 0.2) is 30.3 Å². The fourth-order valence-corrected chi connectivity index (χ4v) is 2.43. The van der Waals surface area contributed by atoms with E-state index < -0.39 is 0 Å². The predicted octanol–water partition coefficient (Wildman–Crippen LogP) is 1.50. The molecule has 104 valence electrons. The molecule has 0 aliphatic carbocycles. The minimum absolute atomic E-state index is 0.695. The van der Waals surface area contributed by atoms with Crippen LogP contribution in [0.25, 0.3) is 5.57 Å². The van der Waals surface area contributed by atoms with Gasteiger partial charge in [-0.3, -0.25) is 4.90 Å². The van der Waals surface area contributed by atoms with Crippen LogP contribution < -0.4 is 4.74 Å². The minimum atomic E-state index is 0.695. The third-order valence-corrected chi connectivity index (χ3v) is 3.40. The number of aromatic amines is 1. The first-order valence-corrected chi connectivity index (χ1v) is 6.63. The van der Waals surface area contributed by atoms with Crippen LogP contribution >= 0.6 is 0 Å². The molecule has 1 aromatic carbocycles. The number of H-pyrrole nitrogens is 1. The zero-order chi connectivity index (χ0) is 13.8. The predicted molar refractivity (Wildman–Crippen MR) is 75.0 cm³/mol. The Balaban J connectivity index is 1.68. The van der Waals surface area contributed by atoms with Crippen molar-refractivity contribution >= 4 is 5.57 Å². The summed E-state index contributed by atoms with van der Waals surface area (Å²) < 4.78 is 5.26. The molecule has 2 heterocycles. The SMILES string of the molecule is COc1cccc(CN2CCC=C(c3nn[nH]n3)C2)c1. The van der Waals surface area contributed by atoms with Crippen LogP contribution in [0.5, 0.6) is 5.75 Å². The molecule has 0 unspecified atom stereocenters. The van der Waals surface area contributed by atoms with Gasteiger partial charge in [0.25, 0.3) is 0 Å². The van der Waals surface area contributed by atoms with Crippen molar-refractivity contribution in [1.29, 1.82) is 0 Å². The van der Waals surface area contributed by atoms with E-state index in [1.165, 1.54) is 5.56 Å². The van der Waals surface area contributed by atoms with Gasteiger partial charge in [0.2, 0.25) is 5.82 Å². The number of nitrogens with one attached hydrogen (secondary N) is 1. The molecule has 0 atom stereocenters. The molecule has 1 N–H and O–H groups in total. The van der Waals surface area contributed by atoms with E-state index in [1.807, 2.05) is 12.1 Å². The largest absolute Gasteiger partial charge is 0.497 e. The van der Waals surface area contributed by atoms with Gasteiger partial charge in [0.15, 0.2) is 0 Å². The average Bonchev–Trinajstić information content (AvgIpc) is 3.02. The Kier molecular flexibility index (Phi) is 3.73. The first kappa shape index (κ1) is 12.8. The smallest absolute Gasteiger partial charge is 0.201 e. The summed E-state index contributed by atoms with van der Waals surface area (Å²) in [5.74, 6) is 1.59. The van der Waals surface area contributed by atoms with Crippen LogP contribution in [-0.2, 0) is 6.54 Å². The molecule has 1 aliphatic rings. The van der Waals surface area contributed by atoms with Crippen LogP contribution in [0.4, 0.5) is 0 Å². The Morgan fingerprint density at radius 1 is 1.40 bits per heavy atom. The van der Waals surface area contributed by atoms with E-state index in [1.54, 1.807) is 7.11 Å². The van der Waals surface area contributed by atoms with Crippen molar-refractivity contribution in [1.82, 2.24) is 25.5 Å². The van der Waals surface area contributed by atoms with Crippen molar-refractivity contribution < 1.29 is 4.74 Å². The molecule has 1 aliphatic heterocycles. The molecule has 0 saturated heterocycles. The molecule has 0 fully saturated rings. The van der Waals surface area contributed by atoms with Gasteiger partial charge in [-0.1, -0.05) is 18.2 Å². The van der Waals surface area contributed by atoms with Crippen molar-refractivity contribution in [3.8, 4) is 5.75 Å². The Labute approximate surface area is 117 Å². The van der Waals surface area contributed by atoms with Gasteiger partial charge in [-0.25, -0.2) is 0 Å². The second kappa shape index (κ2) is 5.83. The van der Waals surface area contributed by atoms with E-state index in [9.17, 15) is 0 Å². The normalized spacial score (nSPS) is 15.9. The lowest BCUT2D eigenvalue weighted by Crippen LogP contribution is -2.29. The van der Waals surface area contributed by atoms with Gasteiger partial charge < -0.3 is 4.74 Å². The first-order valence-electron chi connectivity index (χ1n) is 6.63. The Morgan fingerprint density at radius 2 is 2.35 bits per heavy atom. The molecule has 6 heteroatoms. The van der Waals surface area contributed by atoms with Crippen LogP contribution in [0.2, 0.25) is 0 Å². The third kappa shape index (κ3) is 2.85. The van der Waals surface area contributed by atoms with Crippen molar-refractivity contribution in [3.05, 3.63) is 41.7 Å². The second-order valence-electron chi connectivity index (χ2n) is 4.82. The van der Waals surface area contributed by atoms with E-state index in [-0.39, 0.29) is 0 Å². The molecule has 0 saturated carbocycles. The van der Waals surface area contributed by atoms with E-state index in [4.69, 9.17) is 4.74 Å². The summed E-state index contributed by atoms with van der Waals surface area (Å²) in [7, 11) is 1.69. The zero-order valence-corrected chi connectivity index (χ0v) is 11.4. The number of aromatic nitrogens is 4. The average molecular weight is 271 g/mol. The lowest BCUT2D eigenvalue weighted by molar-refractivity contribution is 0.295. The summed E-state index contributed by atoms with van der Waals surface area (Å²) in [6.45, 7) is 2.78. The molecule has 6 nitrogen and oxygen atoms in total. The number of ether oxygens (including phenoxy) is 1. The Hall–Kier alpha value is -2.21. The topological polar surface area (TPSA) is 66.9 Å². The van der Waals surface area contributed by atoms with Crippen molar-refractivity contribution in [2.24, 2.45) is 0 Å². The van der Waals surface area contributed by atoms with Gasteiger partial charge in [-0.2, -0.15) is 5.21 Å². The second-order valence-corrected chi connectivity index (χ2v) is 4.82. The van der Waals surface area contributed by atoms with E-state index in [0.29, 0.717) is 5.82 Å². The first-order chi connectivity index (χ1) is 9.85. The summed E-state index contributed by atoms with van der Waals surface area (Å²) >= 11 is 0. The number of methoxy groups -OCH3 is 1. The number of hydrogen-bond donors (Lipinski definition) is 1. The van der Waals surface area contributed by atoms with Gasteiger partial charge in [-0.15, -0.1) is 10.2 Å². The van der Waals surface area contributed by atoms with Crippen LogP contribution in [-0.4, -0.2) is 45.7 Å². The molecular weight excluding hydrogens is 254 g/mol. The number of tetrazole rings is 1. The summed E-state index contributed by atoms with van der Waals surface area (Å²) in [4.78, 5) is 2.38. The highest BCUT2D eigenvalue weighted by Crippen LogP contribution is 2.20. The van der Waals surface area contributed by atoms with Crippen LogP contribution in [0.3, 0.4) is 0 Å². The van der Waals surface area contributed by atoms with Crippen molar-refractivity contribution in [3.63, 3.8) is 0 Å². The Morgan fingerprint density at radius 3 is 3.15 bits per heavy atom. The molecule has 3 rings (SSSR count). The summed E-state index contributed by atoms with van der Waals surface area (Å²) in [6, 6.07) is 8.18. The van der Waals surface area contributed by atoms with Gasteiger partial charge in [-0.05, 0) is 29.3 Å². The standard InChI is InChI=1S/C14H17N5O/c1-20-13-6-2-4-11(8-13)9-19-7-3-5-12(10-19)14-15-17-18-16-14/h2,4-6,8H,3,7,9-10H2,1H3,(H,15,16,17,18). The van der Waals surface area contributed by atoms with Gasteiger partial charge in [0, 0.05) is 25.2 Å². The quantitative estimate of drug-likeness (QED) is 0.912. The van der Waals surface area contributed by atoms with Crippen molar-refractivity contribution in [2.45, 2.75) is 13.0 Å². The third-order valence-electron chi connectivity index (χ3n) is 3.40. The molecule has 0 spiro atoms. The Bertz CT molecular complexity index is 593. The maximum atomic E-state index is 5.26. The number of benzene rings is 1. The lowest BCUT2D eigenvalue weighted by atomic mass is 10.1. The fraction of sp³-hybridized carbons (Fsp3) is 0.357. The highest BCUT2D eigenvalue weighted by molar-refractivity contribution is 5.61. The minimum Gasteiger partial charge on any atom is -0.497 e. The molecule has 0 bridgehead atoms. The van der Waals surface area contributed by atoms with Gasteiger partial charge in [0.05, 0.1) is 7.11 Å². The van der Waals surface area contributed by atoms with E-state index >= 15 is 0 Å². The lowest BCUT2D eigenvalue weighted by Gasteiger charge is -2.26. The number of rotatable bonds is 4. The van der Waals surface area contributed by atoms with Crippen LogP contribution in [0.1, 0.15) is 17.8 Å². The van der Waals surface area contributed by atoms with Crippen LogP contribution in [0, 0.1) is 0 Å². The maximum absolute atomic E-state index is 5.26. The summed E-state index contributed by atoms with van der Waals surface area (Å²) in [5, 5.41) is 14.2. The van der Waals surface area contributed by atoms with Gasteiger partial charge >= 0.3 is 0 Å². The highest BCUT2D eigenvalue weighted by atomic mass is 16.5. The number of nitrogens with zero attached hydrogens (tertiary/aromatic N) is 4.